The Morgan fingerprint density at radius 3 is 3.17 bits per heavy atom. The van der Waals surface area contributed by atoms with Gasteiger partial charge in [-0.05, 0) is 60.2 Å². The van der Waals surface area contributed by atoms with Crippen molar-refractivity contribution in [2.45, 2.75) is 44.7 Å². The number of fused-ring (bicyclic) bond motifs is 1. The number of thiophene rings is 1. The monoisotopic (exact) mass is 349 g/mol. The number of halogens is 1. The Balaban J connectivity index is 1.96. The van der Waals surface area contributed by atoms with Gasteiger partial charge >= 0.3 is 0 Å². The minimum atomic E-state index is -0.679. The van der Waals surface area contributed by atoms with Gasteiger partial charge in [-0.3, -0.25) is 4.21 Å². The van der Waals surface area contributed by atoms with Gasteiger partial charge < -0.3 is 5.32 Å². The number of rotatable bonds is 5. The normalized spacial score (nSPS) is 22.5. The molecule has 2 nitrogen and oxygen atoms in total. The van der Waals surface area contributed by atoms with Gasteiger partial charge in [-0.15, -0.1) is 11.3 Å². The molecule has 0 amide bonds. The lowest BCUT2D eigenvalue weighted by atomic mass is 9.93. The summed E-state index contributed by atoms with van der Waals surface area (Å²) in [6.07, 6.45) is 6.47. The molecule has 3 unspecified atom stereocenters. The van der Waals surface area contributed by atoms with Crippen LogP contribution in [0, 0.1) is 0 Å². The van der Waals surface area contributed by atoms with Crippen molar-refractivity contribution < 1.29 is 4.21 Å². The quantitative estimate of drug-likeness (QED) is 0.879. The minimum Gasteiger partial charge on any atom is -0.307 e. The van der Waals surface area contributed by atoms with Crippen molar-refractivity contribution in [2.24, 2.45) is 0 Å². The van der Waals surface area contributed by atoms with Gasteiger partial charge in [0.2, 0.25) is 0 Å². The molecular formula is C13H20BrNOS2. The molecule has 0 aliphatic heterocycles. The highest BCUT2D eigenvalue weighted by atomic mass is 79.9. The molecule has 1 heterocycles. The van der Waals surface area contributed by atoms with E-state index < -0.39 is 10.8 Å². The van der Waals surface area contributed by atoms with Crippen LogP contribution in [0.2, 0.25) is 0 Å². The van der Waals surface area contributed by atoms with E-state index in [1.807, 2.05) is 11.3 Å². The summed E-state index contributed by atoms with van der Waals surface area (Å²) in [5.41, 5.74) is 1.47. The molecule has 0 fully saturated rings. The fraction of sp³-hybridized carbons (Fsp3) is 0.692. The fourth-order valence-electron chi connectivity index (χ4n) is 2.46. The van der Waals surface area contributed by atoms with Crippen molar-refractivity contribution in [2.75, 3.05) is 12.0 Å². The van der Waals surface area contributed by atoms with Gasteiger partial charge in [0.25, 0.3) is 0 Å². The third-order valence-corrected chi connectivity index (χ3v) is 5.93. The Morgan fingerprint density at radius 2 is 2.44 bits per heavy atom. The van der Waals surface area contributed by atoms with E-state index in [4.69, 9.17) is 0 Å². The van der Waals surface area contributed by atoms with Crippen LogP contribution < -0.4 is 5.32 Å². The highest BCUT2D eigenvalue weighted by molar-refractivity contribution is 9.11. The van der Waals surface area contributed by atoms with Crippen LogP contribution in [-0.2, 0) is 17.2 Å². The van der Waals surface area contributed by atoms with E-state index in [9.17, 15) is 4.21 Å². The van der Waals surface area contributed by atoms with Crippen molar-refractivity contribution in [1.82, 2.24) is 5.32 Å². The molecule has 1 aliphatic carbocycles. The first-order chi connectivity index (χ1) is 8.56. The predicted octanol–water partition coefficient (Wildman–Crippen LogP) is 3.63. The second kappa shape index (κ2) is 6.64. The summed E-state index contributed by atoms with van der Waals surface area (Å²) in [6, 6.07) is 3.18. The summed E-state index contributed by atoms with van der Waals surface area (Å²) in [5.74, 6) is 0.793. The van der Waals surface area contributed by atoms with E-state index in [0.29, 0.717) is 12.1 Å². The number of nitrogens with one attached hydrogen (secondary N) is 1. The van der Waals surface area contributed by atoms with E-state index in [-0.39, 0.29) is 0 Å². The zero-order valence-corrected chi connectivity index (χ0v) is 14.1. The van der Waals surface area contributed by atoms with Gasteiger partial charge in [-0.25, -0.2) is 0 Å². The van der Waals surface area contributed by atoms with Crippen LogP contribution in [0.3, 0.4) is 0 Å². The van der Waals surface area contributed by atoms with Crippen LogP contribution in [0.5, 0.6) is 0 Å². The average Bonchev–Trinajstić information content (AvgIpc) is 2.68. The Morgan fingerprint density at radius 1 is 1.67 bits per heavy atom. The molecule has 102 valence electrons. The lowest BCUT2D eigenvalue weighted by Gasteiger charge is -2.27. The van der Waals surface area contributed by atoms with Gasteiger partial charge in [-0.1, -0.05) is 0 Å². The average molecular weight is 350 g/mol. The topological polar surface area (TPSA) is 29.1 Å². The van der Waals surface area contributed by atoms with Crippen LogP contribution in [0.15, 0.2) is 9.85 Å². The maximum Gasteiger partial charge on any atom is 0.0704 e. The van der Waals surface area contributed by atoms with Gasteiger partial charge in [0.15, 0.2) is 0 Å². The summed E-state index contributed by atoms with van der Waals surface area (Å²) < 4.78 is 12.4. The molecule has 0 aromatic carbocycles. The number of hydrogen-bond donors (Lipinski definition) is 1. The maximum atomic E-state index is 11.1. The summed E-state index contributed by atoms with van der Waals surface area (Å²) >= 11 is 5.45. The van der Waals surface area contributed by atoms with Gasteiger partial charge in [0.1, 0.15) is 0 Å². The minimum absolute atomic E-state index is 0.434. The molecule has 1 N–H and O–H groups in total. The highest BCUT2D eigenvalue weighted by Crippen LogP contribution is 2.38. The van der Waals surface area contributed by atoms with E-state index >= 15 is 0 Å². The summed E-state index contributed by atoms with van der Waals surface area (Å²) in [6.45, 7) is 2.20. The first-order valence-corrected chi connectivity index (χ1v) is 9.74. The molecule has 18 heavy (non-hydrogen) atoms. The Labute approximate surface area is 124 Å². The molecule has 0 radical (unpaired) electrons. The first kappa shape index (κ1) is 14.7. The standard InChI is InChI=1S/C13H20BrNOS2/c1-9(6-7-18(2)16)15-11-4-3-5-12-10(11)8-13(14)17-12/h8-9,11,15H,3-7H2,1-2H3. The third-order valence-electron chi connectivity index (χ3n) is 3.41. The van der Waals surface area contributed by atoms with Crippen LogP contribution in [0.1, 0.15) is 42.7 Å². The molecular weight excluding hydrogens is 330 g/mol. The second-order valence-electron chi connectivity index (χ2n) is 5.01. The van der Waals surface area contributed by atoms with Crippen LogP contribution in [0.25, 0.3) is 0 Å². The first-order valence-electron chi connectivity index (χ1n) is 6.40. The van der Waals surface area contributed by atoms with Gasteiger partial charge in [0.05, 0.1) is 3.79 Å². The zero-order chi connectivity index (χ0) is 13.1. The summed E-state index contributed by atoms with van der Waals surface area (Å²) in [7, 11) is -0.679. The Hall–Kier alpha value is 0.290. The molecule has 5 heteroatoms. The molecule has 1 aliphatic rings. The second-order valence-corrected chi connectivity index (χ2v) is 9.08. The fourth-order valence-corrected chi connectivity index (χ4v) is 4.97. The van der Waals surface area contributed by atoms with Crippen LogP contribution in [0.4, 0.5) is 0 Å². The number of hydrogen-bond acceptors (Lipinski definition) is 3. The predicted molar refractivity (Wildman–Crippen MR) is 83.8 cm³/mol. The molecule has 3 atom stereocenters. The summed E-state index contributed by atoms with van der Waals surface area (Å²) in [4.78, 5) is 1.52. The molecule has 2 rings (SSSR count). The molecule has 0 spiro atoms. The van der Waals surface area contributed by atoms with E-state index in [1.165, 1.54) is 33.5 Å². The van der Waals surface area contributed by atoms with E-state index in [0.717, 1.165) is 12.2 Å². The lowest BCUT2D eigenvalue weighted by molar-refractivity contribution is 0.406. The van der Waals surface area contributed by atoms with Crippen molar-refractivity contribution in [3.05, 3.63) is 20.3 Å². The largest absolute Gasteiger partial charge is 0.307 e. The van der Waals surface area contributed by atoms with Gasteiger partial charge in [0, 0.05) is 39.8 Å². The SMILES string of the molecule is CC(CCS(C)=O)NC1CCCc2sc(Br)cc21. The third kappa shape index (κ3) is 3.89. The number of aryl methyl sites for hydroxylation is 1. The smallest absolute Gasteiger partial charge is 0.0704 e. The maximum absolute atomic E-state index is 11.1. The molecule has 1 aromatic heterocycles. The molecule has 0 saturated heterocycles. The van der Waals surface area contributed by atoms with Crippen LogP contribution >= 0.6 is 27.3 Å². The van der Waals surface area contributed by atoms with Crippen LogP contribution in [-0.4, -0.2) is 22.3 Å². The van der Waals surface area contributed by atoms with Gasteiger partial charge in [-0.2, -0.15) is 0 Å². The Bertz CT molecular complexity index is 433. The van der Waals surface area contributed by atoms with Crippen molar-refractivity contribution >= 4 is 38.1 Å². The highest BCUT2D eigenvalue weighted by Gasteiger charge is 2.23. The summed E-state index contributed by atoms with van der Waals surface area (Å²) in [5, 5.41) is 3.70. The molecule has 0 bridgehead atoms. The van der Waals surface area contributed by atoms with Crippen molar-refractivity contribution in [3.63, 3.8) is 0 Å². The molecule has 0 saturated carbocycles. The van der Waals surface area contributed by atoms with Crippen molar-refractivity contribution in [3.8, 4) is 0 Å². The van der Waals surface area contributed by atoms with Crippen molar-refractivity contribution in [1.29, 1.82) is 0 Å². The van der Waals surface area contributed by atoms with E-state index in [2.05, 4.69) is 34.2 Å². The van der Waals surface area contributed by atoms with E-state index in [1.54, 1.807) is 6.26 Å². The molecule has 1 aromatic rings. The lowest BCUT2D eigenvalue weighted by Crippen LogP contribution is -2.33. The Kier molecular flexibility index (Phi) is 5.42. The zero-order valence-electron chi connectivity index (χ0n) is 10.9.